The fourth-order valence-corrected chi connectivity index (χ4v) is 3.91. The van der Waals surface area contributed by atoms with Crippen LogP contribution in [0.2, 0.25) is 0 Å². The van der Waals surface area contributed by atoms with E-state index in [4.69, 9.17) is 9.73 Å². The Morgan fingerprint density at radius 3 is 2.78 bits per heavy atom. The molecule has 0 saturated carbocycles. The number of thioether (sulfide) groups is 1. The summed E-state index contributed by atoms with van der Waals surface area (Å²) in [6, 6.07) is 10.4. The fraction of sp³-hybridized carbons (Fsp3) is 0.474. The van der Waals surface area contributed by atoms with Crippen LogP contribution >= 0.6 is 47.1 Å². The summed E-state index contributed by atoms with van der Waals surface area (Å²) in [6.07, 6.45) is 0.0379. The Kier molecular flexibility index (Phi) is 12.0. The molecule has 5 nitrogen and oxygen atoms in total. The number of halogens is 1. The maximum absolute atomic E-state index is 5.34. The summed E-state index contributed by atoms with van der Waals surface area (Å²) < 4.78 is 5.34. The third-order valence-corrected chi connectivity index (χ3v) is 5.78. The first kappa shape index (κ1) is 24.2. The van der Waals surface area contributed by atoms with Gasteiger partial charge in [-0.05, 0) is 26.0 Å². The van der Waals surface area contributed by atoms with Crippen molar-refractivity contribution >= 4 is 53.0 Å². The normalized spacial score (nSPS) is 12.4. The van der Waals surface area contributed by atoms with E-state index >= 15 is 0 Å². The molecular weight excluding hydrogens is 491 g/mol. The highest BCUT2D eigenvalue weighted by atomic mass is 127. The number of benzene rings is 1. The van der Waals surface area contributed by atoms with E-state index in [1.807, 2.05) is 31.8 Å². The summed E-state index contributed by atoms with van der Waals surface area (Å²) in [7, 11) is 3.76. The second kappa shape index (κ2) is 13.4. The largest absolute Gasteiger partial charge is 0.375 e. The molecule has 0 radical (unpaired) electrons. The number of nitrogens with zero attached hydrogens (tertiary/aromatic N) is 3. The van der Waals surface area contributed by atoms with Crippen LogP contribution in [-0.2, 0) is 11.3 Å². The average Bonchev–Trinajstić information content (AvgIpc) is 3.12. The Morgan fingerprint density at radius 2 is 2.11 bits per heavy atom. The molecule has 1 aromatic carbocycles. The van der Waals surface area contributed by atoms with E-state index in [2.05, 4.69) is 51.8 Å². The molecule has 150 valence electrons. The van der Waals surface area contributed by atoms with Crippen molar-refractivity contribution < 1.29 is 4.74 Å². The number of aliphatic imine (C=N–C) groups is 1. The number of ether oxygens (including phenoxy) is 1. The van der Waals surface area contributed by atoms with Gasteiger partial charge in [0.15, 0.2) is 5.96 Å². The smallest absolute Gasteiger partial charge is 0.194 e. The molecule has 0 aliphatic rings. The van der Waals surface area contributed by atoms with E-state index in [9.17, 15) is 0 Å². The molecule has 1 aromatic heterocycles. The van der Waals surface area contributed by atoms with Crippen LogP contribution in [0.5, 0.6) is 0 Å². The number of hydrogen-bond donors (Lipinski definition) is 1. The molecule has 1 heterocycles. The molecule has 0 fully saturated rings. The summed E-state index contributed by atoms with van der Waals surface area (Å²) in [5.41, 5.74) is 1.04. The summed E-state index contributed by atoms with van der Waals surface area (Å²) in [6.45, 7) is 6.45. The van der Waals surface area contributed by atoms with Gasteiger partial charge in [-0.3, -0.25) is 4.99 Å². The van der Waals surface area contributed by atoms with E-state index in [0.717, 1.165) is 42.0 Å². The molecule has 1 N–H and O–H groups in total. The van der Waals surface area contributed by atoms with Gasteiger partial charge in [0.25, 0.3) is 0 Å². The molecule has 2 rings (SSSR count). The molecule has 27 heavy (non-hydrogen) atoms. The number of guanidine groups is 1. The van der Waals surface area contributed by atoms with Gasteiger partial charge < -0.3 is 15.0 Å². The van der Waals surface area contributed by atoms with Crippen molar-refractivity contribution in [3.63, 3.8) is 0 Å². The summed E-state index contributed by atoms with van der Waals surface area (Å²) in [5.74, 6) is 1.87. The van der Waals surface area contributed by atoms with Crippen LogP contribution in [0.25, 0.3) is 0 Å². The number of methoxy groups -OCH3 is 1. The first-order chi connectivity index (χ1) is 12.6. The predicted molar refractivity (Wildman–Crippen MR) is 128 cm³/mol. The molecule has 0 saturated heterocycles. The highest BCUT2D eigenvalue weighted by Gasteiger charge is 2.12. The van der Waals surface area contributed by atoms with Gasteiger partial charge in [0.2, 0.25) is 0 Å². The lowest BCUT2D eigenvalue weighted by Gasteiger charge is -2.21. The van der Waals surface area contributed by atoms with E-state index in [1.165, 1.54) is 4.90 Å². The molecule has 8 heteroatoms. The minimum absolute atomic E-state index is 0. The van der Waals surface area contributed by atoms with Crippen molar-refractivity contribution in [3.05, 3.63) is 46.4 Å². The van der Waals surface area contributed by atoms with Crippen molar-refractivity contribution in [1.82, 2.24) is 15.2 Å². The van der Waals surface area contributed by atoms with Crippen LogP contribution in [0.1, 0.15) is 30.7 Å². The lowest BCUT2D eigenvalue weighted by atomic mass is 10.4. The van der Waals surface area contributed by atoms with E-state index < -0.39 is 0 Å². The number of thiazole rings is 1. The van der Waals surface area contributed by atoms with E-state index in [0.29, 0.717) is 0 Å². The summed E-state index contributed by atoms with van der Waals surface area (Å²) in [5, 5.41) is 6.46. The van der Waals surface area contributed by atoms with Gasteiger partial charge in [0.05, 0.1) is 18.8 Å². The van der Waals surface area contributed by atoms with Gasteiger partial charge in [-0.1, -0.05) is 18.2 Å². The van der Waals surface area contributed by atoms with Gasteiger partial charge in [-0.25, -0.2) is 4.98 Å². The number of hydrogen-bond acceptors (Lipinski definition) is 5. The second-order valence-corrected chi connectivity index (χ2v) is 7.87. The maximum atomic E-state index is 5.34. The monoisotopic (exact) mass is 520 g/mol. The molecule has 1 unspecified atom stereocenters. The van der Waals surface area contributed by atoms with Gasteiger partial charge in [0.1, 0.15) is 11.1 Å². The van der Waals surface area contributed by atoms with Crippen LogP contribution in [0.15, 0.2) is 45.6 Å². The van der Waals surface area contributed by atoms with Gasteiger partial charge >= 0.3 is 0 Å². The average molecular weight is 521 g/mol. The van der Waals surface area contributed by atoms with Crippen molar-refractivity contribution in [2.75, 3.05) is 33.0 Å². The lowest BCUT2D eigenvalue weighted by Crippen LogP contribution is -2.38. The zero-order valence-electron chi connectivity index (χ0n) is 16.3. The molecule has 0 bridgehead atoms. The lowest BCUT2D eigenvalue weighted by molar-refractivity contribution is 0.119. The van der Waals surface area contributed by atoms with Crippen molar-refractivity contribution in [3.8, 4) is 0 Å². The van der Waals surface area contributed by atoms with Crippen LogP contribution in [0.3, 0.4) is 0 Å². The van der Waals surface area contributed by atoms with Crippen molar-refractivity contribution in [2.45, 2.75) is 31.4 Å². The maximum Gasteiger partial charge on any atom is 0.194 e. The number of aromatic nitrogens is 1. The highest BCUT2D eigenvalue weighted by Crippen LogP contribution is 2.21. The minimum atomic E-state index is 0. The fourth-order valence-electron chi connectivity index (χ4n) is 2.30. The van der Waals surface area contributed by atoms with Crippen molar-refractivity contribution in [1.29, 1.82) is 0 Å². The molecule has 0 aliphatic heterocycles. The van der Waals surface area contributed by atoms with Gasteiger partial charge in [-0.2, -0.15) is 0 Å². The van der Waals surface area contributed by atoms with Crippen LogP contribution in [0.4, 0.5) is 0 Å². The third kappa shape index (κ3) is 8.37. The Hall–Kier alpha value is -0.840. The number of nitrogens with one attached hydrogen (secondary N) is 1. The Labute approximate surface area is 188 Å². The third-order valence-electron chi connectivity index (χ3n) is 3.73. The second-order valence-electron chi connectivity index (χ2n) is 5.81. The zero-order chi connectivity index (χ0) is 18.8. The van der Waals surface area contributed by atoms with Crippen molar-refractivity contribution in [2.24, 2.45) is 4.99 Å². The molecule has 0 spiro atoms. The SMILES string of the molecule is CCNC(=NCCSc1ccccc1)N(C)Cc1csc(C(C)OC)n1.I. The Morgan fingerprint density at radius 1 is 1.37 bits per heavy atom. The van der Waals surface area contributed by atoms with E-state index in [1.54, 1.807) is 18.4 Å². The molecule has 0 amide bonds. The van der Waals surface area contributed by atoms with E-state index in [-0.39, 0.29) is 30.1 Å². The Balaban J connectivity index is 0.00000364. The standard InChI is InChI=1S/C19H28N4OS2.HI/c1-5-20-19(21-11-12-25-17-9-7-6-8-10-17)23(3)13-16-14-26-18(22-16)15(2)24-4;/h6-10,14-15H,5,11-13H2,1-4H3,(H,20,21);1H. The number of rotatable bonds is 9. The highest BCUT2D eigenvalue weighted by molar-refractivity contribution is 14.0. The quantitative estimate of drug-likeness (QED) is 0.171. The first-order valence-corrected chi connectivity index (χ1v) is 10.6. The Bertz CT molecular complexity index is 681. The molecule has 1 atom stereocenters. The zero-order valence-corrected chi connectivity index (χ0v) is 20.3. The molecule has 2 aromatic rings. The first-order valence-electron chi connectivity index (χ1n) is 8.78. The van der Waals surface area contributed by atoms with Gasteiger partial charge in [-0.15, -0.1) is 47.1 Å². The summed E-state index contributed by atoms with van der Waals surface area (Å²) in [4.78, 5) is 12.8. The van der Waals surface area contributed by atoms with Crippen LogP contribution in [-0.4, -0.2) is 48.8 Å². The summed E-state index contributed by atoms with van der Waals surface area (Å²) >= 11 is 3.47. The topological polar surface area (TPSA) is 49.8 Å². The minimum Gasteiger partial charge on any atom is -0.375 e. The van der Waals surface area contributed by atoms with Gasteiger partial charge in [0, 0.05) is 36.7 Å². The molecular formula is C19H29IN4OS2. The van der Waals surface area contributed by atoms with Crippen LogP contribution < -0.4 is 5.32 Å². The van der Waals surface area contributed by atoms with Crippen LogP contribution in [0, 0.1) is 0 Å². The predicted octanol–water partition coefficient (Wildman–Crippen LogP) is 4.66. The molecule has 0 aliphatic carbocycles.